The maximum atomic E-state index is 13.1. The molecule has 4 amide bonds. The standard InChI is InChI=1S/C26H20IN3O7/c1-2-36-22-14-17(13-21(27)23(22)37-15-16-8-10-19(11-9-16)30(34)35)12-20-24(31)28-26(33)29(25(20)32)18-6-4-3-5-7-18/h3-14H,2,15H2,1H3,(H,28,31,33)/b20-12-. The van der Waals surface area contributed by atoms with Crippen molar-refractivity contribution in [2.24, 2.45) is 0 Å². The highest BCUT2D eigenvalue weighted by molar-refractivity contribution is 14.1. The summed E-state index contributed by atoms with van der Waals surface area (Å²) < 4.78 is 12.4. The van der Waals surface area contributed by atoms with E-state index in [1.54, 1.807) is 61.5 Å². The van der Waals surface area contributed by atoms with Crippen LogP contribution in [0.15, 0.2) is 72.3 Å². The van der Waals surface area contributed by atoms with Gasteiger partial charge in [0.1, 0.15) is 12.2 Å². The third-order valence-electron chi connectivity index (χ3n) is 5.29. The Morgan fingerprint density at radius 2 is 1.73 bits per heavy atom. The van der Waals surface area contributed by atoms with Crippen LogP contribution in [0.2, 0.25) is 0 Å². The first kappa shape index (κ1) is 25.8. The molecule has 1 aliphatic rings. The van der Waals surface area contributed by atoms with Crippen LogP contribution in [0.4, 0.5) is 16.2 Å². The van der Waals surface area contributed by atoms with Crippen molar-refractivity contribution in [2.75, 3.05) is 11.5 Å². The molecule has 0 bridgehead atoms. The van der Waals surface area contributed by atoms with E-state index < -0.39 is 22.8 Å². The molecule has 4 rings (SSSR count). The number of barbiturate groups is 1. The van der Waals surface area contributed by atoms with Gasteiger partial charge in [-0.15, -0.1) is 0 Å². The number of hydrogen-bond donors (Lipinski definition) is 1. The van der Waals surface area contributed by atoms with E-state index in [1.165, 1.54) is 18.2 Å². The van der Waals surface area contributed by atoms with E-state index in [0.29, 0.717) is 32.9 Å². The molecule has 1 fully saturated rings. The van der Waals surface area contributed by atoms with Gasteiger partial charge in [-0.25, -0.2) is 9.69 Å². The predicted octanol–water partition coefficient (Wildman–Crippen LogP) is 4.84. The number of carbonyl (C=O) groups excluding carboxylic acids is 3. The molecular weight excluding hydrogens is 593 g/mol. The van der Waals surface area contributed by atoms with Gasteiger partial charge in [0.2, 0.25) is 0 Å². The van der Waals surface area contributed by atoms with E-state index in [0.717, 1.165) is 10.5 Å². The van der Waals surface area contributed by atoms with E-state index in [9.17, 15) is 24.5 Å². The number of amides is 4. The molecule has 3 aromatic rings. The fourth-order valence-electron chi connectivity index (χ4n) is 3.58. The third kappa shape index (κ3) is 5.77. The Hall–Kier alpha value is -4.26. The zero-order chi connectivity index (χ0) is 26.5. The predicted molar refractivity (Wildman–Crippen MR) is 143 cm³/mol. The topological polar surface area (TPSA) is 128 Å². The summed E-state index contributed by atoms with van der Waals surface area (Å²) in [5.41, 5.74) is 1.34. The Kier molecular flexibility index (Phi) is 7.82. The number of hydrogen-bond acceptors (Lipinski definition) is 7. The van der Waals surface area contributed by atoms with Crippen LogP contribution >= 0.6 is 22.6 Å². The fourth-order valence-corrected chi connectivity index (χ4v) is 4.36. The molecule has 0 aromatic heterocycles. The lowest BCUT2D eigenvalue weighted by Crippen LogP contribution is -2.54. The molecule has 10 nitrogen and oxygen atoms in total. The highest BCUT2D eigenvalue weighted by atomic mass is 127. The fraction of sp³-hybridized carbons (Fsp3) is 0.115. The number of nitro groups is 1. The zero-order valence-corrected chi connectivity index (χ0v) is 21.6. The summed E-state index contributed by atoms with van der Waals surface area (Å²) in [4.78, 5) is 49.3. The van der Waals surface area contributed by atoms with Crippen molar-refractivity contribution >= 4 is 57.9 Å². The second-order valence-electron chi connectivity index (χ2n) is 7.77. The van der Waals surface area contributed by atoms with Crippen molar-refractivity contribution in [3.63, 3.8) is 0 Å². The Bertz CT molecular complexity index is 1410. The lowest BCUT2D eigenvalue weighted by Gasteiger charge is -2.26. The van der Waals surface area contributed by atoms with E-state index in [2.05, 4.69) is 27.9 Å². The maximum absolute atomic E-state index is 13.1. The molecule has 1 N–H and O–H groups in total. The molecule has 0 unspecified atom stereocenters. The van der Waals surface area contributed by atoms with Crippen molar-refractivity contribution in [1.82, 2.24) is 5.32 Å². The number of nitrogens with one attached hydrogen (secondary N) is 1. The van der Waals surface area contributed by atoms with E-state index in [1.807, 2.05) is 0 Å². The van der Waals surface area contributed by atoms with Gasteiger partial charge in [0, 0.05) is 12.1 Å². The maximum Gasteiger partial charge on any atom is 0.335 e. The summed E-state index contributed by atoms with van der Waals surface area (Å²) in [6.45, 7) is 2.28. The van der Waals surface area contributed by atoms with Gasteiger partial charge in [-0.3, -0.25) is 25.0 Å². The van der Waals surface area contributed by atoms with Crippen molar-refractivity contribution in [3.8, 4) is 11.5 Å². The van der Waals surface area contributed by atoms with Crippen LogP contribution in [0.1, 0.15) is 18.1 Å². The van der Waals surface area contributed by atoms with Crippen molar-refractivity contribution < 1.29 is 28.8 Å². The molecule has 188 valence electrons. The normalized spacial score (nSPS) is 14.5. The summed E-state index contributed by atoms with van der Waals surface area (Å²) in [7, 11) is 0. The molecule has 3 aromatic carbocycles. The number of urea groups is 1. The van der Waals surface area contributed by atoms with E-state index in [-0.39, 0.29) is 17.9 Å². The first-order valence-corrected chi connectivity index (χ1v) is 12.2. The van der Waals surface area contributed by atoms with Gasteiger partial charge in [0.25, 0.3) is 17.5 Å². The first-order valence-electron chi connectivity index (χ1n) is 11.1. The number of rotatable bonds is 8. The van der Waals surface area contributed by atoms with Crippen LogP contribution in [0.3, 0.4) is 0 Å². The van der Waals surface area contributed by atoms with Crippen LogP contribution in [0.25, 0.3) is 6.08 Å². The molecule has 0 radical (unpaired) electrons. The van der Waals surface area contributed by atoms with Gasteiger partial charge in [0.05, 0.1) is 20.8 Å². The minimum atomic E-state index is -0.821. The van der Waals surface area contributed by atoms with Gasteiger partial charge in [-0.2, -0.15) is 0 Å². The third-order valence-corrected chi connectivity index (χ3v) is 6.09. The smallest absolute Gasteiger partial charge is 0.335 e. The number of carbonyl (C=O) groups is 3. The van der Waals surface area contributed by atoms with Gasteiger partial charge in [-0.05, 0) is 83.1 Å². The summed E-state index contributed by atoms with van der Waals surface area (Å²) in [5.74, 6) is -0.702. The quantitative estimate of drug-likeness (QED) is 0.127. The summed E-state index contributed by atoms with van der Waals surface area (Å²) >= 11 is 2.06. The average molecular weight is 613 g/mol. The SMILES string of the molecule is CCOc1cc(/C=C2/C(=O)NC(=O)N(c3ccccc3)C2=O)cc(I)c1OCc1ccc([N+](=O)[O-])cc1. The molecule has 37 heavy (non-hydrogen) atoms. The molecule has 11 heteroatoms. The number of halogens is 1. The van der Waals surface area contributed by atoms with Crippen LogP contribution < -0.4 is 19.7 Å². The van der Waals surface area contributed by atoms with Gasteiger partial charge in [0.15, 0.2) is 11.5 Å². The highest BCUT2D eigenvalue weighted by Gasteiger charge is 2.36. The molecule has 0 spiro atoms. The number of nitro benzene ring substituents is 1. The molecule has 0 saturated carbocycles. The molecular formula is C26H20IN3O7. The number of anilines is 1. The monoisotopic (exact) mass is 613 g/mol. The average Bonchev–Trinajstić information content (AvgIpc) is 2.87. The van der Waals surface area contributed by atoms with E-state index >= 15 is 0 Å². The van der Waals surface area contributed by atoms with E-state index in [4.69, 9.17) is 9.47 Å². The highest BCUT2D eigenvalue weighted by Crippen LogP contribution is 2.36. The molecule has 0 atom stereocenters. The lowest BCUT2D eigenvalue weighted by atomic mass is 10.1. The number of imide groups is 2. The van der Waals surface area contributed by atoms with Crippen molar-refractivity contribution in [2.45, 2.75) is 13.5 Å². The van der Waals surface area contributed by atoms with Gasteiger partial charge < -0.3 is 9.47 Å². The Labute approximate surface area is 225 Å². The minimum absolute atomic E-state index is 0.0143. The van der Waals surface area contributed by atoms with Crippen LogP contribution in [-0.4, -0.2) is 29.4 Å². The first-order chi connectivity index (χ1) is 17.8. The number of nitrogens with zero attached hydrogens (tertiary/aromatic N) is 2. The number of benzene rings is 3. The second-order valence-corrected chi connectivity index (χ2v) is 8.93. The summed E-state index contributed by atoms with van der Waals surface area (Å²) in [5, 5.41) is 13.1. The Morgan fingerprint density at radius 1 is 1.03 bits per heavy atom. The van der Waals surface area contributed by atoms with Crippen molar-refractivity contribution in [1.29, 1.82) is 0 Å². The lowest BCUT2D eigenvalue weighted by molar-refractivity contribution is -0.384. The zero-order valence-electron chi connectivity index (χ0n) is 19.5. The molecule has 0 aliphatic carbocycles. The Balaban J connectivity index is 1.62. The van der Waals surface area contributed by atoms with Crippen LogP contribution in [0, 0.1) is 13.7 Å². The molecule has 1 saturated heterocycles. The number of non-ortho nitro benzene ring substituents is 1. The van der Waals surface area contributed by atoms with Gasteiger partial charge in [-0.1, -0.05) is 18.2 Å². The van der Waals surface area contributed by atoms with Crippen LogP contribution in [-0.2, 0) is 16.2 Å². The van der Waals surface area contributed by atoms with Gasteiger partial charge >= 0.3 is 6.03 Å². The summed E-state index contributed by atoms with van der Waals surface area (Å²) in [6, 6.07) is 16.8. The molecule has 1 aliphatic heterocycles. The second kappa shape index (κ2) is 11.2. The minimum Gasteiger partial charge on any atom is -0.490 e. The number of para-hydroxylation sites is 1. The molecule has 1 heterocycles. The Morgan fingerprint density at radius 3 is 2.38 bits per heavy atom. The summed E-state index contributed by atoms with van der Waals surface area (Å²) in [6.07, 6.45) is 1.39. The van der Waals surface area contributed by atoms with Crippen molar-refractivity contribution in [3.05, 3.63) is 97.1 Å². The van der Waals surface area contributed by atoms with Crippen LogP contribution in [0.5, 0.6) is 11.5 Å². The number of ether oxygens (including phenoxy) is 2. The largest absolute Gasteiger partial charge is 0.490 e.